The summed E-state index contributed by atoms with van der Waals surface area (Å²) in [4.78, 5) is 20.3. The van der Waals surface area contributed by atoms with Crippen molar-refractivity contribution in [2.45, 2.75) is 51.5 Å². The van der Waals surface area contributed by atoms with Gasteiger partial charge in [-0.15, -0.1) is 24.0 Å². The van der Waals surface area contributed by atoms with Crippen LogP contribution in [0.15, 0.2) is 23.2 Å². The van der Waals surface area contributed by atoms with E-state index in [1.165, 1.54) is 19.3 Å². The SMILES string of the molecule is Cc1cccc(NC(=O)CCN=C(N)NC2CCCCC2)n1.I. The second-order valence-corrected chi connectivity index (χ2v) is 5.71. The summed E-state index contributed by atoms with van der Waals surface area (Å²) in [5.41, 5.74) is 6.73. The lowest BCUT2D eigenvalue weighted by Crippen LogP contribution is -2.41. The summed E-state index contributed by atoms with van der Waals surface area (Å²) in [7, 11) is 0. The number of hydrogen-bond donors (Lipinski definition) is 3. The Bertz CT molecular complexity index is 529. The van der Waals surface area contributed by atoms with Gasteiger partial charge in [-0.05, 0) is 31.9 Å². The van der Waals surface area contributed by atoms with Crippen LogP contribution in [0.4, 0.5) is 5.82 Å². The Morgan fingerprint density at radius 2 is 2.09 bits per heavy atom. The van der Waals surface area contributed by atoms with Gasteiger partial charge in [0.2, 0.25) is 5.91 Å². The number of nitrogens with one attached hydrogen (secondary N) is 2. The molecule has 23 heavy (non-hydrogen) atoms. The topological polar surface area (TPSA) is 92.4 Å². The average Bonchev–Trinajstić information content (AvgIpc) is 2.48. The predicted octanol–water partition coefficient (Wildman–Crippen LogP) is 2.57. The van der Waals surface area contributed by atoms with Crippen LogP contribution in [0.1, 0.15) is 44.2 Å². The molecule has 1 aromatic heterocycles. The van der Waals surface area contributed by atoms with Gasteiger partial charge in [0.15, 0.2) is 5.96 Å². The van der Waals surface area contributed by atoms with Crippen LogP contribution in [0.3, 0.4) is 0 Å². The maximum absolute atomic E-state index is 11.8. The Balaban J connectivity index is 0.00000264. The molecule has 1 amide bonds. The molecule has 4 N–H and O–H groups in total. The maximum atomic E-state index is 11.8. The summed E-state index contributed by atoms with van der Waals surface area (Å²) >= 11 is 0. The highest BCUT2D eigenvalue weighted by Gasteiger charge is 2.13. The molecule has 0 atom stereocenters. The van der Waals surface area contributed by atoms with Gasteiger partial charge >= 0.3 is 0 Å². The Morgan fingerprint density at radius 3 is 2.78 bits per heavy atom. The first-order valence-electron chi connectivity index (χ1n) is 7.93. The van der Waals surface area contributed by atoms with Crippen molar-refractivity contribution in [3.05, 3.63) is 23.9 Å². The number of aromatic nitrogens is 1. The van der Waals surface area contributed by atoms with Crippen molar-refractivity contribution in [3.8, 4) is 0 Å². The van der Waals surface area contributed by atoms with Gasteiger partial charge < -0.3 is 16.4 Å². The third kappa shape index (κ3) is 7.62. The van der Waals surface area contributed by atoms with Crippen LogP contribution in [0.5, 0.6) is 0 Å². The molecule has 1 aliphatic rings. The fourth-order valence-corrected chi connectivity index (χ4v) is 2.60. The fraction of sp³-hybridized carbons (Fsp3) is 0.562. The molecule has 0 bridgehead atoms. The molecular formula is C16H26IN5O. The minimum absolute atomic E-state index is 0. The van der Waals surface area contributed by atoms with Crippen LogP contribution >= 0.6 is 24.0 Å². The van der Waals surface area contributed by atoms with E-state index in [0.29, 0.717) is 30.8 Å². The van der Waals surface area contributed by atoms with E-state index in [2.05, 4.69) is 20.6 Å². The molecule has 0 aromatic carbocycles. The van der Waals surface area contributed by atoms with Gasteiger partial charge in [0.05, 0.1) is 6.54 Å². The fourth-order valence-electron chi connectivity index (χ4n) is 2.60. The van der Waals surface area contributed by atoms with E-state index < -0.39 is 0 Å². The van der Waals surface area contributed by atoms with E-state index >= 15 is 0 Å². The molecule has 0 unspecified atom stereocenters. The van der Waals surface area contributed by atoms with Gasteiger partial charge in [-0.3, -0.25) is 9.79 Å². The molecule has 0 spiro atoms. The highest BCUT2D eigenvalue weighted by molar-refractivity contribution is 14.0. The van der Waals surface area contributed by atoms with E-state index in [9.17, 15) is 4.79 Å². The summed E-state index contributed by atoms with van der Waals surface area (Å²) in [5, 5.41) is 5.99. The molecule has 0 radical (unpaired) electrons. The number of rotatable bonds is 5. The number of aryl methyl sites for hydroxylation is 1. The van der Waals surface area contributed by atoms with Crippen molar-refractivity contribution in [2.75, 3.05) is 11.9 Å². The number of anilines is 1. The lowest BCUT2D eigenvalue weighted by Gasteiger charge is -2.23. The Kier molecular flexibility index (Phi) is 8.90. The highest BCUT2D eigenvalue weighted by atomic mass is 127. The molecule has 0 saturated heterocycles. The zero-order valence-electron chi connectivity index (χ0n) is 13.5. The number of pyridine rings is 1. The number of guanidine groups is 1. The van der Waals surface area contributed by atoms with Crippen molar-refractivity contribution in [1.29, 1.82) is 0 Å². The molecular weight excluding hydrogens is 405 g/mol. The third-order valence-electron chi connectivity index (χ3n) is 3.73. The second-order valence-electron chi connectivity index (χ2n) is 5.71. The van der Waals surface area contributed by atoms with Gasteiger partial charge in [0.25, 0.3) is 0 Å². The normalized spacial score (nSPS) is 15.6. The standard InChI is InChI=1S/C16H25N5O.HI/c1-12-6-5-9-14(19-12)21-15(22)10-11-18-16(17)20-13-7-3-2-4-8-13;/h5-6,9,13H,2-4,7-8,10-11H2,1H3,(H3,17,18,20)(H,19,21,22);1H. The number of nitrogens with two attached hydrogens (primary N) is 1. The summed E-state index contributed by atoms with van der Waals surface area (Å²) in [6, 6.07) is 5.95. The molecule has 1 saturated carbocycles. The third-order valence-corrected chi connectivity index (χ3v) is 3.73. The summed E-state index contributed by atoms with van der Waals surface area (Å²) in [6.07, 6.45) is 6.39. The average molecular weight is 431 g/mol. The monoisotopic (exact) mass is 431 g/mol. The van der Waals surface area contributed by atoms with Gasteiger partial charge in [0.1, 0.15) is 5.82 Å². The summed E-state index contributed by atoms with van der Waals surface area (Å²) in [5.74, 6) is 0.906. The van der Waals surface area contributed by atoms with E-state index in [4.69, 9.17) is 5.73 Å². The van der Waals surface area contributed by atoms with Crippen LogP contribution in [0, 0.1) is 6.92 Å². The quantitative estimate of drug-likeness (QED) is 0.380. The van der Waals surface area contributed by atoms with Crippen molar-refractivity contribution < 1.29 is 4.79 Å². The number of carbonyl (C=O) groups is 1. The zero-order chi connectivity index (χ0) is 15.8. The predicted molar refractivity (Wildman–Crippen MR) is 104 cm³/mol. The number of aliphatic imine (C=N–C) groups is 1. The number of carbonyl (C=O) groups excluding carboxylic acids is 1. The van der Waals surface area contributed by atoms with Crippen LogP contribution in [-0.4, -0.2) is 29.4 Å². The number of nitrogens with zero attached hydrogens (tertiary/aromatic N) is 2. The molecule has 0 aliphatic heterocycles. The van der Waals surface area contributed by atoms with E-state index in [-0.39, 0.29) is 29.9 Å². The Hall–Kier alpha value is -1.38. The molecule has 1 aliphatic carbocycles. The number of halogens is 1. The molecule has 7 heteroatoms. The molecule has 2 rings (SSSR count). The zero-order valence-corrected chi connectivity index (χ0v) is 15.9. The molecule has 1 fully saturated rings. The molecule has 6 nitrogen and oxygen atoms in total. The molecule has 1 aromatic rings. The van der Waals surface area contributed by atoms with Gasteiger partial charge in [-0.1, -0.05) is 25.3 Å². The van der Waals surface area contributed by atoms with Crippen LogP contribution in [-0.2, 0) is 4.79 Å². The first kappa shape index (κ1) is 19.7. The van der Waals surface area contributed by atoms with E-state index in [1.54, 1.807) is 6.07 Å². The van der Waals surface area contributed by atoms with Crippen LogP contribution < -0.4 is 16.4 Å². The first-order valence-corrected chi connectivity index (χ1v) is 7.93. The largest absolute Gasteiger partial charge is 0.370 e. The van der Waals surface area contributed by atoms with Gasteiger partial charge in [-0.25, -0.2) is 4.98 Å². The van der Waals surface area contributed by atoms with E-state index in [1.807, 2.05) is 19.1 Å². The van der Waals surface area contributed by atoms with Crippen LogP contribution in [0.25, 0.3) is 0 Å². The van der Waals surface area contributed by atoms with Crippen molar-refractivity contribution in [3.63, 3.8) is 0 Å². The van der Waals surface area contributed by atoms with Gasteiger partial charge in [-0.2, -0.15) is 0 Å². The second kappa shape index (κ2) is 10.4. The highest BCUT2D eigenvalue weighted by Crippen LogP contribution is 2.16. The minimum Gasteiger partial charge on any atom is -0.370 e. The van der Waals surface area contributed by atoms with Gasteiger partial charge in [0, 0.05) is 18.2 Å². The Morgan fingerprint density at radius 1 is 1.35 bits per heavy atom. The maximum Gasteiger partial charge on any atom is 0.227 e. The lowest BCUT2D eigenvalue weighted by molar-refractivity contribution is -0.116. The summed E-state index contributed by atoms with van der Waals surface area (Å²) in [6.45, 7) is 2.26. The van der Waals surface area contributed by atoms with Crippen molar-refractivity contribution in [1.82, 2.24) is 10.3 Å². The summed E-state index contributed by atoms with van der Waals surface area (Å²) < 4.78 is 0. The van der Waals surface area contributed by atoms with Crippen LogP contribution in [0.2, 0.25) is 0 Å². The minimum atomic E-state index is -0.104. The number of hydrogen-bond acceptors (Lipinski definition) is 3. The molecule has 128 valence electrons. The lowest BCUT2D eigenvalue weighted by atomic mass is 9.96. The first-order chi connectivity index (χ1) is 10.6. The van der Waals surface area contributed by atoms with Crippen molar-refractivity contribution in [2.24, 2.45) is 10.7 Å². The smallest absolute Gasteiger partial charge is 0.227 e. The molecule has 1 heterocycles. The Labute approximate surface area is 154 Å². The van der Waals surface area contributed by atoms with E-state index in [0.717, 1.165) is 18.5 Å². The van der Waals surface area contributed by atoms with Crippen molar-refractivity contribution >= 4 is 41.7 Å². The number of amides is 1.